The molecule has 3 nitrogen and oxygen atoms in total. The van der Waals surface area contributed by atoms with Crippen molar-refractivity contribution in [3.05, 3.63) is 35.1 Å². The molecule has 0 aliphatic carbocycles. The number of aliphatic hydroxyl groups is 1. The van der Waals surface area contributed by atoms with Crippen LogP contribution in [-0.2, 0) is 0 Å². The van der Waals surface area contributed by atoms with Gasteiger partial charge in [0.2, 0.25) is 0 Å². The highest BCUT2D eigenvalue weighted by Gasteiger charge is 2.28. The van der Waals surface area contributed by atoms with Crippen molar-refractivity contribution in [2.24, 2.45) is 0 Å². The maximum atomic E-state index is 13.7. The Morgan fingerprint density at radius 2 is 2.11 bits per heavy atom. The molecule has 0 radical (unpaired) electrons. The highest BCUT2D eigenvalue weighted by Crippen LogP contribution is 2.23. The van der Waals surface area contributed by atoms with Gasteiger partial charge in [0, 0.05) is 13.1 Å². The number of amides is 1. The smallest absolute Gasteiger partial charge is 0.256 e. The van der Waals surface area contributed by atoms with E-state index in [4.69, 9.17) is 0 Å². The second-order valence-corrected chi connectivity index (χ2v) is 5.63. The molecule has 104 valence electrons. The summed E-state index contributed by atoms with van der Waals surface area (Å²) in [7, 11) is 0. The van der Waals surface area contributed by atoms with E-state index in [1.54, 1.807) is 24.0 Å². The molecule has 0 spiro atoms. The molecule has 0 bridgehead atoms. The minimum Gasteiger partial charge on any atom is -0.390 e. The second kappa shape index (κ2) is 5.29. The molecular formula is C15H20FNO2. The summed E-state index contributed by atoms with van der Waals surface area (Å²) >= 11 is 0. The van der Waals surface area contributed by atoms with Crippen LogP contribution in [0.2, 0.25) is 0 Å². The number of aryl methyl sites for hydroxylation is 1. The van der Waals surface area contributed by atoms with Crippen LogP contribution < -0.4 is 0 Å². The van der Waals surface area contributed by atoms with Crippen molar-refractivity contribution in [2.45, 2.75) is 38.7 Å². The molecule has 1 unspecified atom stereocenters. The van der Waals surface area contributed by atoms with Gasteiger partial charge in [-0.1, -0.05) is 11.6 Å². The summed E-state index contributed by atoms with van der Waals surface area (Å²) < 4.78 is 13.7. The molecule has 1 atom stereocenters. The Balaban J connectivity index is 2.17. The Hall–Kier alpha value is -1.42. The minimum atomic E-state index is -0.722. The first-order valence-corrected chi connectivity index (χ1v) is 6.67. The number of hydrogen-bond acceptors (Lipinski definition) is 2. The first-order chi connectivity index (χ1) is 8.89. The zero-order valence-corrected chi connectivity index (χ0v) is 11.4. The maximum Gasteiger partial charge on any atom is 0.256 e. The van der Waals surface area contributed by atoms with Gasteiger partial charge in [0.15, 0.2) is 0 Å². The minimum absolute atomic E-state index is 0.126. The second-order valence-electron chi connectivity index (χ2n) is 5.63. The number of hydrogen-bond donors (Lipinski definition) is 1. The van der Waals surface area contributed by atoms with Crippen molar-refractivity contribution in [1.82, 2.24) is 4.90 Å². The molecule has 0 saturated carbocycles. The molecular weight excluding hydrogens is 245 g/mol. The lowest BCUT2D eigenvalue weighted by Crippen LogP contribution is -2.34. The summed E-state index contributed by atoms with van der Waals surface area (Å²) in [6.45, 7) is 4.67. The molecule has 1 aromatic carbocycles. The molecule has 1 saturated heterocycles. The van der Waals surface area contributed by atoms with Gasteiger partial charge < -0.3 is 10.0 Å². The Morgan fingerprint density at radius 3 is 2.84 bits per heavy atom. The first-order valence-electron chi connectivity index (χ1n) is 6.67. The van der Waals surface area contributed by atoms with E-state index < -0.39 is 11.4 Å². The van der Waals surface area contributed by atoms with Crippen LogP contribution in [0.1, 0.15) is 42.1 Å². The van der Waals surface area contributed by atoms with Crippen molar-refractivity contribution in [2.75, 3.05) is 13.1 Å². The number of carbonyl (C=O) groups excluding carboxylic acids is 1. The Kier molecular flexibility index (Phi) is 3.90. The van der Waals surface area contributed by atoms with E-state index in [0.29, 0.717) is 25.9 Å². The Morgan fingerprint density at radius 1 is 1.37 bits per heavy atom. The number of carbonyl (C=O) groups is 1. The lowest BCUT2D eigenvalue weighted by molar-refractivity contribution is 0.0437. The van der Waals surface area contributed by atoms with Gasteiger partial charge in [-0.15, -0.1) is 0 Å². The van der Waals surface area contributed by atoms with Gasteiger partial charge in [-0.3, -0.25) is 4.79 Å². The van der Waals surface area contributed by atoms with Gasteiger partial charge in [0.1, 0.15) is 5.82 Å². The highest BCUT2D eigenvalue weighted by molar-refractivity contribution is 5.94. The zero-order valence-electron chi connectivity index (χ0n) is 11.4. The summed E-state index contributed by atoms with van der Waals surface area (Å²) in [5.41, 5.74) is 0.272. The summed E-state index contributed by atoms with van der Waals surface area (Å²) in [6, 6.07) is 4.57. The molecule has 1 heterocycles. The van der Waals surface area contributed by atoms with Gasteiger partial charge >= 0.3 is 0 Å². The number of likely N-dealkylation sites (tertiary alicyclic amines) is 1. The van der Waals surface area contributed by atoms with Crippen LogP contribution in [0.15, 0.2) is 18.2 Å². The number of nitrogens with zero attached hydrogens (tertiary/aromatic N) is 1. The Bertz CT molecular complexity index is 485. The van der Waals surface area contributed by atoms with Crippen molar-refractivity contribution in [3.8, 4) is 0 Å². The van der Waals surface area contributed by atoms with Crippen LogP contribution in [0.3, 0.4) is 0 Å². The third-order valence-corrected chi connectivity index (χ3v) is 3.70. The molecule has 2 rings (SSSR count). The predicted molar refractivity (Wildman–Crippen MR) is 71.5 cm³/mol. The molecule has 0 aromatic heterocycles. The van der Waals surface area contributed by atoms with Crippen molar-refractivity contribution in [1.29, 1.82) is 0 Å². The fraction of sp³-hybridized carbons (Fsp3) is 0.533. The van der Waals surface area contributed by atoms with Gasteiger partial charge in [-0.2, -0.15) is 0 Å². The van der Waals surface area contributed by atoms with Crippen LogP contribution in [0, 0.1) is 12.7 Å². The van der Waals surface area contributed by atoms with Crippen LogP contribution in [0.5, 0.6) is 0 Å². The zero-order chi connectivity index (χ0) is 14.0. The molecule has 1 N–H and O–H groups in total. The van der Waals surface area contributed by atoms with Crippen LogP contribution in [-0.4, -0.2) is 34.6 Å². The lowest BCUT2D eigenvalue weighted by Gasteiger charge is -2.23. The van der Waals surface area contributed by atoms with E-state index in [-0.39, 0.29) is 11.5 Å². The summed E-state index contributed by atoms with van der Waals surface area (Å²) in [6.07, 6.45) is 1.95. The topological polar surface area (TPSA) is 40.5 Å². The average molecular weight is 265 g/mol. The lowest BCUT2D eigenvalue weighted by atomic mass is 9.98. The van der Waals surface area contributed by atoms with Crippen molar-refractivity contribution >= 4 is 5.91 Å². The largest absolute Gasteiger partial charge is 0.390 e. The fourth-order valence-corrected chi connectivity index (χ4v) is 2.44. The molecule has 19 heavy (non-hydrogen) atoms. The van der Waals surface area contributed by atoms with Crippen molar-refractivity contribution in [3.63, 3.8) is 0 Å². The highest BCUT2D eigenvalue weighted by atomic mass is 19.1. The van der Waals surface area contributed by atoms with E-state index >= 15 is 0 Å². The van der Waals surface area contributed by atoms with Crippen molar-refractivity contribution < 1.29 is 14.3 Å². The molecule has 1 aromatic rings. The van der Waals surface area contributed by atoms with E-state index in [2.05, 4.69) is 0 Å². The van der Waals surface area contributed by atoms with Gasteiger partial charge in [-0.25, -0.2) is 4.39 Å². The van der Waals surface area contributed by atoms with Gasteiger partial charge in [0.05, 0.1) is 11.2 Å². The Labute approximate surface area is 113 Å². The molecule has 1 aliphatic rings. The van der Waals surface area contributed by atoms with E-state index in [1.165, 1.54) is 6.07 Å². The normalized spacial score (nSPS) is 24.1. The van der Waals surface area contributed by atoms with E-state index in [1.807, 2.05) is 6.92 Å². The third kappa shape index (κ3) is 3.32. The summed E-state index contributed by atoms with van der Waals surface area (Å²) in [4.78, 5) is 14.0. The number of rotatable bonds is 1. The molecule has 4 heteroatoms. The summed E-state index contributed by atoms with van der Waals surface area (Å²) in [5, 5.41) is 10.0. The number of halogens is 1. The molecule has 1 fully saturated rings. The first kappa shape index (κ1) is 14.0. The quantitative estimate of drug-likeness (QED) is 0.847. The maximum absolute atomic E-state index is 13.7. The standard InChI is InChI=1S/C15H20FNO2/c1-11-4-5-13(16)12(10-11)14(18)17-8-3-6-15(2,19)7-9-17/h4-5,10,19H,3,6-9H2,1-2H3. The fourth-order valence-electron chi connectivity index (χ4n) is 2.44. The van der Waals surface area contributed by atoms with Gasteiger partial charge in [0.25, 0.3) is 5.91 Å². The van der Waals surface area contributed by atoms with Gasteiger partial charge in [-0.05, 0) is 45.2 Å². The predicted octanol–water partition coefficient (Wildman–Crippen LogP) is 2.51. The molecule has 1 aliphatic heterocycles. The van der Waals surface area contributed by atoms with Crippen LogP contribution >= 0.6 is 0 Å². The van der Waals surface area contributed by atoms with Crippen LogP contribution in [0.25, 0.3) is 0 Å². The monoisotopic (exact) mass is 265 g/mol. The third-order valence-electron chi connectivity index (χ3n) is 3.70. The van der Waals surface area contributed by atoms with E-state index in [0.717, 1.165) is 12.0 Å². The summed E-state index contributed by atoms with van der Waals surface area (Å²) in [5.74, 6) is -0.759. The van der Waals surface area contributed by atoms with Crippen LogP contribution in [0.4, 0.5) is 4.39 Å². The molecule has 1 amide bonds. The average Bonchev–Trinajstić information content (AvgIpc) is 2.52. The SMILES string of the molecule is Cc1ccc(F)c(C(=O)N2CCCC(C)(O)CC2)c1. The number of benzene rings is 1. The van der Waals surface area contributed by atoms with E-state index in [9.17, 15) is 14.3 Å².